The molecule has 132 valence electrons. The van der Waals surface area contributed by atoms with Crippen LogP contribution in [0.2, 0.25) is 0 Å². The zero-order valence-electron chi connectivity index (χ0n) is 14.5. The molecule has 4 N–H and O–H groups in total. The van der Waals surface area contributed by atoms with Crippen LogP contribution in [0.5, 0.6) is 0 Å². The van der Waals surface area contributed by atoms with E-state index in [-0.39, 0.29) is 24.0 Å². The molecule has 6 heteroatoms. The number of halogens is 1. The molecule has 0 aliphatic rings. The zero-order valence-corrected chi connectivity index (χ0v) is 16.8. The Hall–Kier alpha value is -2.09. The molecule has 0 fully saturated rings. The summed E-state index contributed by atoms with van der Waals surface area (Å²) < 4.78 is 0. The van der Waals surface area contributed by atoms with Crippen LogP contribution in [-0.2, 0) is 6.54 Å². The van der Waals surface area contributed by atoms with E-state index in [0.29, 0.717) is 18.4 Å². The standard InChI is InChI=1S/C19H23N5.HI/c1-3-13(2)14-4-7-16(8-5-14)24-19(20)22-12-17-9-6-15-10-11-21-18(15)23-17;/h4-11,13H,3,12H2,1-2H3,(H,21,23)(H3,20,22,24);1H. The number of hydrogen-bond donors (Lipinski definition) is 3. The normalized spacial score (nSPS) is 12.6. The highest BCUT2D eigenvalue weighted by Gasteiger charge is 2.03. The van der Waals surface area contributed by atoms with Gasteiger partial charge < -0.3 is 16.0 Å². The molecule has 1 aromatic carbocycles. The monoisotopic (exact) mass is 449 g/mol. The van der Waals surface area contributed by atoms with Gasteiger partial charge in [0.2, 0.25) is 0 Å². The number of aromatic amines is 1. The molecule has 0 spiro atoms. The van der Waals surface area contributed by atoms with Crippen molar-refractivity contribution in [1.82, 2.24) is 9.97 Å². The topological polar surface area (TPSA) is 79.1 Å². The summed E-state index contributed by atoms with van der Waals surface area (Å²) in [5, 5.41) is 4.21. The number of H-pyrrole nitrogens is 1. The first kappa shape index (κ1) is 19.2. The molecular formula is C19H24IN5. The molecule has 2 heterocycles. The van der Waals surface area contributed by atoms with Crippen LogP contribution >= 0.6 is 24.0 Å². The molecule has 1 unspecified atom stereocenters. The number of pyridine rings is 1. The fourth-order valence-electron chi connectivity index (χ4n) is 2.54. The Morgan fingerprint density at radius 2 is 1.96 bits per heavy atom. The highest BCUT2D eigenvalue weighted by atomic mass is 127. The molecule has 3 aromatic rings. The van der Waals surface area contributed by atoms with Crippen LogP contribution in [0.25, 0.3) is 11.0 Å². The van der Waals surface area contributed by atoms with E-state index >= 15 is 0 Å². The summed E-state index contributed by atoms with van der Waals surface area (Å²) in [4.78, 5) is 12.0. The summed E-state index contributed by atoms with van der Waals surface area (Å²) in [6, 6.07) is 14.3. The molecule has 0 amide bonds. The summed E-state index contributed by atoms with van der Waals surface area (Å²) in [7, 11) is 0. The van der Waals surface area contributed by atoms with E-state index < -0.39 is 0 Å². The Kier molecular flexibility index (Phi) is 6.81. The van der Waals surface area contributed by atoms with E-state index in [1.165, 1.54) is 5.56 Å². The minimum absolute atomic E-state index is 0. The molecule has 0 saturated carbocycles. The van der Waals surface area contributed by atoms with Gasteiger partial charge in [-0.3, -0.25) is 0 Å². The van der Waals surface area contributed by atoms with Crippen LogP contribution in [0.15, 0.2) is 53.7 Å². The minimum atomic E-state index is 0. The Morgan fingerprint density at radius 1 is 1.20 bits per heavy atom. The third-order valence-electron chi connectivity index (χ3n) is 4.24. The summed E-state index contributed by atoms with van der Waals surface area (Å²) in [5.74, 6) is 0.957. The maximum Gasteiger partial charge on any atom is 0.193 e. The highest BCUT2D eigenvalue weighted by Crippen LogP contribution is 2.20. The quantitative estimate of drug-likeness (QED) is 0.302. The molecule has 0 aliphatic heterocycles. The van der Waals surface area contributed by atoms with Crippen molar-refractivity contribution in [1.29, 1.82) is 0 Å². The lowest BCUT2D eigenvalue weighted by molar-refractivity contribution is 0.734. The van der Waals surface area contributed by atoms with Crippen molar-refractivity contribution in [2.24, 2.45) is 10.7 Å². The van der Waals surface area contributed by atoms with Gasteiger partial charge in [-0.05, 0) is 48.2 Å². The van der Waals surface area contributed by atoms with Gasteiger partial charge >= 0.3 is 0 Å². The van der Waals surface area contributed by atoms with Gasteiger partial charge in [0.1, 0.15) is 5.65 Å². The number of benzene rings is 1. The average molecular weight is 449 g/mol. The molecule has 2 aromatic heterocycles. The number of nitrogens with two attached hydrogens (primary N) is 1. The number of anilines is 1. The molecule has 0 bridgehead atoms. The van der Waals surface area contributed by atoms with Crippen LogP contribution in [0.1, 0.15) is 37.4 Å². The van der Waals surface area contributed by atoms with E-state index in [9.17, 15) is 0 Å². The predicted octanol–water partition coefficient (Wildman–Crippen LogP) is 4.62. The fourth-order valence-corrected chi connectivity index (χ4v) is 2.54. The first-order valence-corrected chi connectivity index (χ1v) is 8.25. The molecule has 3 rings (SSSR count). The van der Waals surface area contributed by atoms with Crippen LogP contribution in [0.3, 0.4) is 0 Å². The van der Waals surface area contributed by atoms with Gasteiger partial charge in [0.25, 0.3) is 0 Å². The van der Waals surface area contributed by atoms with Crippen LogP contribution in [0, 0.1) is 0 Å². The molecule has 0 radical (unpaired) electrons. The third-order valence-corrected chi connectivity index (χ3v) is 4.24. The van der Waals surface area contributed by atoms with Gasteiger partial charge in [-0.15, -0.1) is 24.0 Å². The van der Waals surface area contributed by atoms with Gasteiger partial charge in [0, 0.05) is 17.3 Å². The Labute approximate surface area is 165 Å². The molecular weight excluding hydrogens is 425 g/mol. The Bertz CT molecular complexity index is 838. The molecule has 0 aliphatic carbocycles. The van der Waals surface area contributed by atoms with Crippen LogP contribution < -0.4 is 11.1 Å². The highest BCUT2D eigenvalue weighted by molar-refractivity contribution is 14.0. The third kappa shape index (κ3) is 4.94. The van der Waals surface area contributed by atoms with Crippen LogP contribution in [0.4, 0.5) is 5.69 Å². The van der Waals surface area contributed by atoms with Gasteiger partial charge in [-0.1, -0.05) is 26.0 Å². The van der Waals surface area contributed by atoms with Crippen molar-refractivity contribution >= 4 is 46.7 Å². The van der Waals surface area contributed by atoms with Crippen molar-refractivity contribution in [3.05, 3.63) is 59.9 Å². The predicted molar refractivity (Wildman–Crippen MR) is 116 cm³/mol. The number of nitrogens with one attached hydrogen (secondary N) is 2. The van der Waals surface area contributed by atoms with Crippen molar-refractivity contribution in [3.63, 3.8) is 0 Å². The number of aliphatic imine (C=N–C) groups is 1. The van der Waals surface area contributed by atoms with Gasteiger partial charge in [0.05, 0.1) is 12.2 Å². The summed E-state index contributed by atoms with van der Waals surface area (Å²) >= 11 is 0. The van der Waals surface area contributed by atoms with E-state index in [0.717, 1.165) is 28.8 Å². The van der Waals surface area contributed by atoms with E-state index in [2.05, 4.69) is 46.3 Å². The van der Waals surface area contributed by atoms with E-state index in [1.807, 2.05) is 36.5 Å². The summed E-state index contributed by atoms with van der Waals surface area (Å²) in [6.07, 6.45) is 3.01. The van der Waals surface area contributed by atoms with Crippen molar-refractivity contribution < 1.29 is 0 Å². The molecule has 0 saturated heterocycles. The number of fused-ring (bicyclic) bond motifs is 1. The Morgan fingerprint density at radius 3 is 2.68 bits per heavy atom. The number of hydrogen-bond acceptors (Lipinski definition) is 2. The molecule has 1 atom stereocenters. The lowest BCUT2D eigenvalue weighted by Gasteiger charge is -2.10. The smallest absolute Gasteiger partial charge is 0.193 e. The average Bonchev–Trinajstić information content (AvgIpc) is 3.07. The number of rotatable bonds is 5. The first-order valence-electron chi connectivity index (χ1n) is 8.25. The largest absolute Gasteiger partial charge is 0.370 e. The summed E-state index contributed by atoms with van der Waals surface area (Å²) in [6.45, 7) is 4.87. The lowest BCUT2D eigenvalue weighted by Crippen LogP contribution is -2.22. The maximum atomic E-state index is 5.97. The van der Waals surface area contributed by atoms with Crippen molar-refractivity contribution in [3.8, 4) is 0 Å². The lowest BCUT2D eigenvalue weighted by atomic mass is 9.99. The second-order valence-electron chi connectivity index (χ2n) is 5.98. The SMILES string of the molecule is CCC(C)c1ccc(NC(N)=NCc2ccc3cc[nH]c3n2)cc1.I. The zero-order chi connectivity index (χ0) is 16.9. The molecule has 25 heavy (non-hydrogen) atoms. The second kappa shape index (κ2) is 8.84. The van der Waals surface area contributed by atoms with E-state index in [1.54, 1.807) is 0 Å². The molecule has 5 nitrogen and oxygen atoms in total. The maximum absolute atomic E-state index is 5.97. The van der Waals surface area contributed by atoms with Crippen molar-refractivity contribution in [2.45, 2.75) is 32.7 Å². The number of nitrogens with zero attached hydrogens (tertiary/aromatic N) is 2. The van der Waals surface area contributed by atoms with E-state index in [4.69, 9.17) is 5.73 Å². The number of aromatic nitrogens is 2. The van der Waals surface area contributed by atoms with Crippen LogP contribution in [-0.4, -0.2) is 15.9 Å². The van der Waals surface area contributed by atoms with Gasteiger partial charge in [0.15, 0.2) is 5.96 Å². The minimum Gasteiger partial charge on any atom is -0.370 e. The summed E-state index contributed by atoms with van der Waals surface area (Å²) in [5.41, 5.74) is 10.00. The van der Waals surface area contributed by atoms with Gasteiger partial charge in [-0.25, -0.2) is 9.98 Å². The van der Waals surface area contributed by atoms with Gasteiger partial charge in [-0.2, -0.15) is 0 Å². The fraction of sp³-hybridized carbons (Fsp3) is 0.263. The van der Waals surface area contributed by atoms with Crippen molar-refractivity contribution in [2.75, 3.05) is 5.32 Å². The second-order valence-corrected chi connectivity index (χ2v) is 5.98. The number of guanidine groups is 1. The Balaban J connectivity index is 0.00000225. The first-order chi connectivity index (χ1) is 11.7.